The van der Waals surface area contributed by atoms with E-state index in [4.69, 9.17) is 10.2 Å². The lowest BCUT2D eigenvalue weighted by molar-refractivity contribution is -0.118. The average molecular weight is 478 g/mol. The Labute approximate surface area is 189 Å². The summed E-state index contributed by atoms with van der Waals surface area (Å²) in [4.78, 5) is 24.1. The number of benzene rings is 1. The molecule has 2 aromatic heterocycles. The van der Waals surface area contributed by atoms with Gasteiger partial charge in [0.05, 0.1) is 24.3 Å². The number of aryl methyl sites for hydroxylation is 1. The Kier molecular flexibility index (Phi) is 7.36. The number of carbonyl (C=O) groups is 2. The zero-order chi connectivity index (χ0) is 23.3. The first-order chi connectivity index (χ1) is 15.1. The second kappa shape index (κ2) is 10.0. The van der Waals surface area contributed by atoms with Gasteiger partial charge in [-0.3, -0.25) is 18.9 Å². The number of nitrogens with one attached hydrogen (secondary N) is 1. The van der Waals surface area contributed by atoms with Crippen LogP contribution in [0.3, 0.4) is 0 Å². The molecule has 1 aromatic carbocycles. The number of nitrogens with two attached hydrogens (primary N) is 1. The maximum absolute atomic E-state index is 12.9. The number of aromatic nitrogens is 3. The quantitative estimate of drug-likeness (QED) is 0.315. The summed E-state index contributed by atoms with van der Waals surface area (Å²) in [6.07, 6.45) is 3.06. The molecule has 0 spiro atoms. The van der Waals surface area contributed by atoms with Crippen LogP contribution in [0.5, 0.6) is 0 Å². The minimum Gasteiger partial charge on any atom is -0.467 e. The van der Waals surface area contributed by atoms with Crippen molar-refractivity contribution in [2.45, 2.75) is 36.7 Å². The summed E-state index contributed by atoms with van der Waals surface area (Å²) in [6.45, 7) is 2.11. The van der Waals surface area contributed by atoms with E-state index in [2.05, 4.69) is 14.9 Å². The molecule has 1 amide bonds. The topological polar surface area (TPSA) is 150 Å². The van der Waals surface area contributed by atoms with Crippen molar-refractivity contribution in [3.05, 3.63) is 59.8 Å². The normalized spacial score (nSPS) is 12.4. The number of amides is 1. The van der Waals surface area contributed by atoms with Crippen molar-refractivity contribution in [1.82, 2.24) is 14.8 Å². The third-order valence-electron chi connectivity index (χ3n) is 4.41. The summed E-state index contributed by atoms with van der Waals surface area (Å²) in [5, 5.41) is 8.38. The Balaban J connectivity index is 1.76. The van der Waals surface area contributed by atoms with Crippen LogP contribution in [-0.2, 0) is 27.8 Å². The number of rotatable bonds is 11. The van der Waals surface area contributed by atoms with Gasteiger partial charge >= 0.3 is 0 Å². The fourth-order valence-corrected chi connectivity index (χ4v) is 4.41. The van der Waals surface area contributed by atoms with E-state index in [9.17, 15) is 18.0 Å². The van der Waals surface area contributed by atoms with Crippen LogP contribution >= 0.6 is 11.8 Å². The average Bonchev–Trinajstić information content (AvgIpc) is 3.36. The van der Waals surface area contributed by atoms with Gasteiger partial charge in [-0.15, -0.1) is 10.2 Å². The van der Waals surface area contributed by atoms with Gasteiger partial charge in [0.25, 0.3) is 0 Å². The van der Waals surface area contributed by atoms with Gasteiger partial charge in [-0.1, -0.05) is 11.8 Å². The summed E-state index contributed by atoms with van der Waals surface area (Å²) in [5.41, 5.74) is 6.08. The number of hydrogen-bond donors (Lipinski definition) is 2. The van der Waals surface area contributed by atoms with Gasteiger partial charge in [0.15, 0.2) is 10.9 Å². The van der Waals surface area contributed by atoms with Gasteiger partial charge in [-0.2, -0.15) is 0 Å². The van der Waals surface area contributed by atoms with E-state index < -0.39 is 21.2 Å². The van der Waals surface area contributed by atoms with Crippen LogP contribution in [0.2, 0.25) is 0 Å². The second-order valence-corrected chi connectivity index (χ2v) is 10.2. The molecule has 3 rings (SSSR count). The number of ketones is 1. The molecule has 0 aliphatic rings. The molecule has 0 fully saturated rings. The van der Waals surface area contributed by atoms with E-state index in [1.54, 1.807) is 36.0 Å². The van der Waals surface area contributed by atoms with Crippen LogP contribution in [0, 0.1) is 0 Å². The lowest BCUT2D eigenvalue weighted by atomic mass is 10.1. The smallest absolute Gasteiger partial charge is 0.229 e. The number of furan rings is 1. The largest absolute Gasteiger partial charge is 0.467 e. The third kappa shape index (κ3) is 6.44. The van der Waals surface area contributed by atoms with Crippen molar-refractivity contribution >= 4 is 39.2 Å². The lowest BCUT2D eigenvalue weighted by Crippen LogP contribution is -2.16. The molecule has 12 heteroatoms. The molecule has 3 aromatic rings. The predicted molar refractivity (Wildman–Crippen MR) is 120 cm³/mol. The minimum atomic E-state index is -3.40. The van der Waals surface area contributed by atoms with Crippen molar-refractivity contribution in [2.75, 3.05) is 11.0 Å². The zero-order valence-corrected chi connectivity index (χ0v) is 19.1. The zero-order valence-electron chi connectivity index (χ0n) is 17.5. The van der Waals surface area contributed by atoms with Crippen LogP contribution in [-0.4, -0.2) is 46.4 Å². The van der Waals surface area contributed by atoms with Crippen LogP contribution < -0.4 is 10.5 Å². The van der Waals surface area contributed by atoms with Gasteiger partial charge in [-0.05, 0) is 43.3 Å². The molecule has 170 valence electrons. The molecule has 0 saturated heterocycles. The van der Waals surface area contributed by atoms with E-state index in [1.807, 2.05) is 6.07 Å². The Morgan fingerprint density at radius 3 is 2.53 bits per heavy atom. The maximum atomic E-state index is 12.9. The number of hydrogen-bond acceptors (Lipinski definition) is 8. The number of thioether (sulfide) groups is 1. The van der Waals surface area contributed by atoms with Gasteiger partial charge in [-0.25, -0.2) is 8.42 Å². The standard InChI is InChI=1S/C20H23N5O5S2/c1-13(19(27)14-5-7-15(8-6-14)24-32(2,28)29)31-20-23-22-18(10-9-17(21)26)25(20)12-16-4-3-11-30-16/h3-8,11,13,24H,9-10,12H2,1-2H3,(H2,21,26). The van der Waals surface area contributed by atoms with Crippen LogP contribution in [0.1, 0.15) is 35.3 Å². The highest BCUT2D eigenvalue weighted by molar-refractivity contribution is 8.00. The molecular weight excluding hydrogens is 454 g/mol. The molecule has 0 radical (unpaired) electrons. The van der Waals surface area contributed by atoms with Gasteiger partial charge in [0, 0.05) is 24.1 Å². The Morgan fingerprint density at radius 1 is 1.22 bits per heavy atom. The number of anilines is 1. The summed E-state index contributed by atoms with van der Waals surface area (Å²) >= 11 is 1.23. The third-order valence-corrected chi connectivity index (χ3v) is 6.09. The van der Waals surface area contributed by atoms with Crippen molar-refractivity contribution < 1.29 is 22.4 Å². The summed E-state index contributed by atoms with van der Waals surface area (Å²) in [7, 11) is -3.40. The van der Waals surface area contributed by atoms with Crippen LogP contribution in [0.15, 0.2) is 52.2 Å². The molecule has 1 atom stereocenters. The van der Waals surface area contributed by atoms with Crippen molar-refractivity contribution in [3.63, 3.8) is 0 Å². The van der Waals surface area contributed by atoms with E-state index in [0.717, 1.165) is 6.26 Å². The highest BCUT2D eigenvalue weighted by Crippen LogP contribution is 2.26. The Morgan fingerprint density at radius 2 is 1.94 bits per heavy atom. The van der Waals surface area contributed by atoms with Crippen molar-refractivity contribution in [3.8, 4) is 0 Å². The molecule has 2 heterocycles. The Hall–Kier alpha value is -3.12. The SMILES string of the molecule is CC(Sc1nnc(CCC(N)=O)n1Cc1ccco1)C(=O)c1ccc(NS(C)(=O)=O)cc1. The molecule has 0 aliphatic heterocycles. The highest BCUT2D eigenvalue weighted by atomic mass is 32.2. The summed E-state index contributed by atoms with van der Waals surface area (Å²) < 4.78 is 32.2. The maximum Gasteiger partial charge on any atom is 0.229 e. The van der Waals surface area contributed by atoms with Gasteiger partial charge in [0.2, 0.25) is 15.9 Å². The first-order valence-electron chi connectivity index (χ1n) is 9.64. The lowest BCUT2D eigenvalue weighted by Gasteiger charge is -2.13. The first kappa shape index (κ1) is 23.5. The molecular formula is C20H23N5O5S2. The molecule has 10 nitrogen and oxygen atoms in total. The van der Waals surface area contributed by atoms with E-state index >= 15 is 0 Å². The number of Topliss-reactive ketones (excluding diaryl/α,β-unsaturated/α-hetero) is 1. The van der Waals surface area contributed by atoms with Crippen LogP contribution in [0.4, 0.5) is 5.69 Å². The molecule has 32 heavy (non-hydrogen) atoms. The fraction of sp³-hybridized carbons (Fsp3) is 0.300. The van der Waals surface area contributed by atoms with Gasteiger partial charge < -0.3 is 10.2 Å². The van der Waals surface area contributed by atoms with E-state index in [1.165, 1.54) is 23.9 Å². The fourth-order valence-electron chi connectivity index (χ4n) is 2.91. The Bertz CT molecular complexity index is 1190. The monoisotopic (exact) mass is 477 g/mol. The number of primary amides is 1. The highest BCUT2D eigenvalue weighted by Gasteiger charge is 2.22. The molecule has 1 unspecified atom stereocenters. The second-order valence-electron chi connectivity index (χ2n) is 7.11. The predicted octanol–water partition coefficient (Wildman–Crippen LogP) is 2.07. The molecule has 0 saturated carbocycles. The van der Waals surface area contributed by atoms with Crippen molar-refractivity contribution in [2.24, 2.45) is 5.73 Å². The van der Waals surface area contributed by atoms with Crippen molar-refractivity contribution in [1.29, 1.82) is 0 Å². The molecule has 0 bridgehead atoms. The number of nitrogens with zero attached hydrogens (tertiary/aromatic N) is 3. The molecule has 0 aliphatic carbocycles. The van der Waals surface area contributed by atoms with E-state index in [0.29, 0.717) is 41.0 Å². The summed E-state index contributed by atoms with van der Waals surface area (Å²) in [6, 6.07) is 9.79. The van der Waals surface area contributed by atoms with E-state index in [-0.39, 0.29) is 12.2 Å². The molecule has 3 N–H and O–H groups in total. The number of sulfonamides is 1. The minimum absolute atomic E-state index is 0.128. The first-order valence-corrected chi connectivity index (χ1v) is 12.4. The number of carbonyl (C=O) groups excluding carboxylic acids is 2. The van der Waals surface area contributed by atoms with Crippen LogP contribution in [0.25, 0.3) is 0 Å². The summed E-state index contributed by atoms with van der Waals surface area (Å²) in [5.74, 6) is 0.662. The van der Waals surface area contributed by atoms with Gasteiger partial charge in [0.1, 0.15) is 11.6 Å².